The first-order chi connectivity index (χ1) is 16.0. The molecular formula is C23H25F2N3O5S. The number of halogens is 2. The van der Waals surface area contributed by atoms with E-state index in [-0.39, 0.29) is 48.8 Å². The number of nitrogens with one attached hydrogen (secondary N) is 1. The Morgan fingerprint density at radius 2 is 1.71 bits per heavy atom. The first kappa shape index (κ1) is 25.3. The van der Waals surface area contributed by atoms with E-state index >= 15 is 0 Å². The minimum atomic E-state index is -3.80. The molecule has 0 spiro atoms. The van der Waals surface area contributed by atoms with Gasteiger partial charge >= 0.3 is 6.09 Å². The van der Waals surface area contributed by atoms with E-state index in [4.69, 9.17) is 4.74 Å². The summed E-state index contributed by atoms with van der Waals surface area (Å²) in [6.07, 6.45) is 0.404. The highest BCUT2D eigenvalue weighted by molar-refractivity contribution is 7.89. The molecule has 0 saturated carbocycles. The number of benzene rings is 2. The maximum absolute atomic E-state index is 13.7. The highest BCUT2D eigenvalue weighted by Crippen LogP contribution is 2.30. The topological polar surface area (TPSA) is 96.0 Å². The molecule has 8 nitrogen and oxygen atoms in total. The number of ether oxygens (including phenoxy) is 1. The van der Waals surface area contributed by atoms with Gasteiger partial charge in [0.1, 0.15) is 6.61 Å². The van der Waals surface area contributed by atoms with Crippen LogP contribution < -0.4 is 5.32 Å². The van der Waals surface area contributed by atoms with Gasteiger partial charge in [0.25, 0.3) is 5.92 Å². The molecule has 0 aromatic heterocycles. The molecule has 34 heavy (non-hydrogen) atoms. The molecule has 2 aromatic rings. The van der Waals surface area contributed by atoms with Crippen LogP contribution in [0.4, 0.5) is 19.3 Å². The van der Waals surface area contributed by atoms with E-state index in [1.165, 1.54) is 51.7 Å². The summed E-state index contributed by atoms with van der Waals surface area (Å²) >= 11 is 0. The molecule has 2 aromatic carbocycles. The molecule has 0 unspecified atom stereocenters. The summed E-state index contributed by atoms with van der Waals surface area (Å²) < 4.78 is 59.8. The molecular weight excluding hydrogens is 468 g/mol. The zero-order valence-electron chi connectivity index (χ0n) is 18.5. The number of alkyl halides is 2. The SMILES string of the molecule is C=CC(=O)Nc1ccc(S(=O)(=O)N2CCN(C(=O)OCc3ccccc3C(C)(F)F)CC2)cc1. The molecule has 0 bridgehead atoms. The molecule has 1 fully saturated rings. The van der Waals surface area contributed by atoms with Crippen molar-refractivity contribution in [1.29, 1.82) is 0 Å². The molecule has 0 radical (unpaired) electrons. The molecule has 2 amide bonds. The summed E-state index contributed by atoms with van der Waals surface area (Å²) in [5, 5.41) is 2.54. The number of piperazine rings is 1. The second-order valence-corrected chi connectivity index (χ2v) is 9.65. The normalized spacial score (nSPS) is 15.0. The fraction of sp³-hybridized carbons (Fsp3) is 0.304. The number of carbonyl (C=O) groups is 2. The Morgan fingerprint density at radius 1 is 1.09 bits per heavy atom. The van der Waals surface area contributed by atoms with Gasteiger partial charge in [-0.15, -0.1) is 0 Å². The number of nitrogens with zero attached hydrogens (tertiary/aromatic N) is 2. The number of hydrogen-bond acceptors (Lipinski definition) is 5. The van der Waals surface area contributed by atoms with E-state index < -0.39 is 27.9 Å². The second-order valence-electron chi connectivity index (χ2n) is 7.71. The van der Waals surface area contributed by atoms with E-state index in [1.807, 2.05) is 0 Å². The monoisotopic (exact) mass is 493 g/mol. The fourth-order valence-electron chi connectivity index (χ4n) is 3.47. The van der Waals surface area contributed by atoms with Crippen molar-refractivity contribution < 1.29 is 31.5 Å². The molecule has 1 N–H and O–H groups in total. The highest BCUT2D eigenvalue weighted by Gasteiger charge is 2.31. The van der Waals surface area contributed by atoms with Gasteiger partial charge < -0.3 is 15.0 Å². The Bertz CT molecular complexity index is 1160. The van der Waals surface area contributed by atoms with Gasteiger partial charge in [0.2, 0.25) is 15.9 Å². The summed E-state index contributed by atoms with van der Waals surface area (Å²) in [5.41, 5.74) is 0.421. The number of sulfonamides is 1. The molecule has 1 aliphatic rings. The molecule has 1 aliphatic heterocycles. The molecule has 1 heterocycles. The number of anilines is 1. The van der Waals surface area contributed by atoms with Gasteiger partial charge in [0.15, 0.2) is 0 Å². The maximum atomic E-state index is 13.7. The van der Waals surface area contributed by atoms with Gasteiger partial charge in [-0.25, -0.2) is 22.0 Å². The lowest BCUT2D eigenvalue weighted by molar-refractivity contribution is -0.111. The molecule has 0 aliphatic carbocycles. The average molecular weight is 494 g/mol. The van der Waals surface area contributed by atoms with Crippen LogP contribution in [0.5, 0.6) is 0 Å². The van der Waals surface area contributed by atoms with E-state index in [0.29, 0.717) is 5.69 Å². The zero-order chi connectivity index (χ0) is 24.9. The van der Waals surface area contributed by atoms with Gasteiger partial charge in [-0.2, -0.15) is 4.31 Å². The quantitative estimate of drug-likeness (QED) is 0.595. The van der Waals surface area contributed by atoms with Crippen LogP contribution in [0.3, 0.4) is 0 Å². The van der Waals surface area contributed by atoms with Crippen LogP contribution in [0.25, 0.3) is 0 Å². The first-order valence-corrected chi connectivity index (χ1v) is 11.9. The number of amides is 2. The first-order valence-electron chi connectivity index (χ1n) is 10.4. The lowest BCUT2D eigenvalue weighted by Crippen LogP contribution is -2.50. The van der Waals surface area contributed by atoms with Crippen LogP contribution in [0.15, 0.2) is 66.1 Å². The van der Waals surface area contributed by atoms with Crippen LogP contribution in [0, 0.1) is 0 Å². The van der Waals surface area contributed by atoms with Crippen molar-refractivity contribution in [1.82, 2.24) is 9.21 Å². The lowest BCUT2D eigenvalue weighted by atomic mass is 10.0. The van der Waals surface area contributed by atoms with Gasteiger partial charge in [0, 0.05) is 44.4 Å². The Morgan fingerprint density at radius 3 is 2.29 bits per heavy atom. The molecule has 1 saturated heterocycles. The number of hydrogen-bond donors (Lipinski definition) is 1. The summed E-state index contributed by atoms with van der Waals surface area (Å²) in [6.45, 7) is 4.11. The molecule has 0 atom stereocenters. The standard InChI is InChI=1S/C23H25F2N3O5S/c1-3-21(29)26-18-8-10-19(11-9-18)34(31,32)28-14-12-27(13-15-28)22(30)33-16-17-6-4-5-7-20(17)23(2,24)25/h3-11H,1,12-16H2,2H3,(H,26,29). The molecule has 11 heteroatoms. The van der Waals surface area contributed by atoms with Crippen molar-refractivity contribution in [3.63, 3.8) is 0 Å². The lowest BCUT2D eigenvalue weighted by Gasteiger charge is -2.33. The second kappa shape index (κ2) is 10.3. The largest absolute Gasteiger partial charge is 0.445 e. The minimum absolute atomic E-state index is 0.0516. The maximum Gasteiger partial charge on any atom is 0.410 e. The summed E-state index contributed by atoms with van der Waals surface area (Å²) in [5.74, 6) is -3.48. The third-order valence-electron chi connectivity index (χ3n) is 5.28. The van der Waals surface area contributed by atoms with E-state index in [9.17, 15) is 26.8 Å². The Balaban J connectivity index is 1.57. The van der Waals surface area contributed by atoms with Crippen LogP contribution in [-0.4, -0.2) is 55.8 Å². The van der Waals surface area contributed by atoms with Crippen LogP contribution in [-0.2, 0) is 32.1 Å². The van der Waals surface area contributed by atoms with Crippen LogP contribution in [0.1, 0.15) is 18.1 Å². The Hall–Kier alpha value is -3.31. The molecule has 182 valence electrons. The minimum Gasteiger partial charge on any atom is -0.445 e. The van der Waals surface area contributed by atoms with Crippen molar-refractivity contribution >= 4 is 27.7 Å². The van der Waals surface area contributed by atoms with Gasteiger partial charge in [-0.05, 0) is 35.9 Å². The third kappa shape index (κ3) is 5.97. The van der Waals surface area contributed by atoms with Crippen LogP contribution >= 0.6 is 0 Å². The van der Waals surface area contributed by atoms with Crippen molar-refractivity contribution in [3.8, 4) is 0 Å². The highest BCUT2D eigenvalue weighted by atomic mass is 32.2. The number of rotatable bonds is 7. The summed E-state index contributed by atoms with van der Waals surface area (Å²) in [7, 11) is -3.80. The Labute approximate surface area is 196 Å². The van der Waals surface area contributed by atoms with Gasteiger partial charge in [-0.3, -0.25) is 4.79 Å². The molecule has 3 rings (SSSR count). The predicted octanol–water partition coefficient (Wildman–Crippen LogP) is 3.57. The van der Waals surface area contributed by atoms with Crippen molar-refractivity contribution in [3.05, 3.63) is 72.3 Å². The van der Waals surface area contributed by atoms with E-state index in [1.54, 1.807) is 6.07 Å². The van der Waals surface area contributed by atoms with E-state index in [0.717, 1.165) is 13.0 Å². The smallest absolute Gasteiger partial charge is 0.410 e. The number of carbonyl (C=O) groups excluding carboxylic acids is 2. The third-order valence-corrected chi connectivity index (χ3v) is 7.20. The summed E-state index contributed by atoms with van der Waals surface area (Å²) in [6, 6.07) is 11.5. The predicted molar refractivity (Wildman–Crippen MR) is 122 cm³/mol. The van der Waals surface area contributed by atoms with Crippen molar-refractivity contribution in [2.75, 3.05) is 31.5 Å². The fourth-order valence-corrected chi connectivity index (χ4v) is 4.89. The summed E-state index contributed by atoms with van der Waals surface area (Å²) in [4.78, 5) is 25.2. The Kier molecular flexibility index (Phi) is 7.68. The van der Waals surface area contributed by atoms with Crippen molar-refractivity contribution in [2.24, 2.45) is 0 Å². The van der Waals surface area contributed by atoms with Crippen LogP contribution in [0.2, 0.25) is 0 Å². The zero-order valence-corrected chi connectivity index (χ0v) is 19.4. The van der Waals surface area contributed by atoms with Gasteiger partial charge in [-0.1, -0.05) is 30.8 Å². The van der Waals surface area contributed by atoms with Gasteiger partial charge in [0.05, 0.1) is 4.90 Å². The van der Waals surface area contributed by atoms with Crippen molar-refractivity contribution in [2.45, 2.75) is 24.3 Å². The van der Waals surface area contributed by atoms with E-state index in [2.05, 4.69) is 11.9 Å². The average Bonchev–Trinajstić information content (AvgIpc) is 2.82.